The first-order valence-electron chi connectivity index (χ1n) is 11.2. The number of fused-ring (bicyclic) bond motifs is 1. The normalized spacial score (nSPS) is 11.3. The summed E-state index contributed by atoms with van der Waals surface area (Å²) in [5, 5.41) is 13.1. The van der Waals surface area contributed by atoms with E-state index in [0.29, 0.717) is 43.5 Å². The molecule has 0 bridgehead atoms. The van der Waals surface area contributed by atoms with Crippen molar-refractivity contribution in [3.05, 3.63) is 58.7 Å². The molecular formula is C23H25F3N6O4S. The highest BCUT2D eigenvalue weighted by Gasteiger charge is 2.38. The molecule has 0 aliphatic rings. The van der Waals surface area contributed by atoms with E-state index in [2.05, 4.69) is 20.3 Å². The van der Waals surface area contributed by atoms with Gasteiger partial charge in [0.15, 0.2) is 11.5 Å². The number of aryl methyl sites for hydroxylation is 1. The lowest BCUT2D eigenvalue weighted by Crippen LogP contribution is -2.25. The minimum absolute atomic E-state index is 0.196. The Morgan fingerprint density at radius 2 is 2.00 bits per heavy atom. The Balaban J connectivity index is 0.000000479. The summed E-state index contributed by atoms with van der Waals surface area (Å²) in [5.74, 6) is -2.32. The minimum atomic E-state index is -5.08. The van der Waals surface area contributed by atoms with Crippen LogP contribution in [0.4, 0.5) is 13.2 Å². The number of carbonyl (C=O) groups excluding carboxylic acids is 1. The van der Waals surface area contributed by atoms with Gasteiger partial charge in [-0.2, -0.15) is 13.2 Å². The van der Waals surface area contributed by atoms with Crippen molar-refractivity contribution in [2.45, 2.75) is 33.0 Å². The lowest BCUT2D eigenvalue weighted by molar-refractivity contribution is -0.192. The zero-order chi connectivity index (χ0) is 27.0. The Bertz CT molecular complexity index is 1350. The van der Waals surface area contributed by atoms with Crippen molar-refractivity contribution < 1.29 is 32.6 Å². The molecule has 0 aliphatic heterocycles. The Morgan fingerprint density at radius 3 is 2.65 bits per heavy atom. The molecule has 0 spiro atoms. The number of thiazole rings is 1. The molecule has 0 aliphatic carbocycles. The van der Waals surface area contributed by atoms with Crippen LogP contribution >= 0.6 is 11.3 Å². The topological polar surface area (TPSA) is 124 Å². The number of halogens is 3. The lowest BCUT2D eigenvalue weighted by atomic mass is 10.3. The number of alkyl halides is 3. The van der Waals surface area contributed by atoms with Gasteiger partial charge in [0.1, 0.15) is 5.69 Å². The van der Waals surface area contributed by atoms with Crippen molar-refractivity contribution in [1.29, 1.82) is 0 Å². The summed E-state index contributed by atoms with van der Waals surface area (Å²) >= 11 is 1.63. The first-order chi connectivity index (χ1) is 17.6. The summed E-state index contributed by atoms with van der Waals surface area (Å²) in [5.41, 5.74) is 2.85. The van der Waals surface area contributed by atoms with E-state index in [9.17, 15) is 18.0 Å². The van der Waals surface area contributed by atoms with E-state index in [1.807, 2.05) is 58.8 Å². The Labute approximate surface area is 213 Å². The van der Waals surface area contributed by atoms with Crippen molar-refractivity contribution in [3.63, 3.8) is 0 Å². The van der Waals surface area contributed by atoms with E-state index in [1.54, 1.807) is 17.7 Å². The molecule has 2 N–H and O–H groups in total. The number of nitrogens with zero attached hydrogens (tertiary/aromatic N) is 5. The van der Waals surface area contributed by atoms with Crippen molar-refractivity contribution in [3.8, 4) is 11.5 Å². The second-order valence-corrected chi connectivity index (χ2v) is 8.70. The number of aliphatic carboxylic acids is 1. The second-order valence-electron chi connectivity index (χ2n) is 7.64. The third-order valence-corrected chi connectivity index (χ3v) is 5.66. The van der Waals surface area contributed by atoms with E-state index in [-0.39, 0.29) is 5.91 Å². The van der Waals surface area contributed by atoms with Crippen LogP contribution in [0.15, 0.2) is 42.3 Å². The minimum Gasteiger partial charge on any atom is -0.475 e. The van der Waals surface area contributed by atoms with Crippen LogP contribution in [-0.2, 0) is 16.1 Å². The van der Waals surface area contributed by atoms with Gasteiger partial charge in [-0.15, -0.1) is 11.3 Å². The van der Waals surface area contributed by atoms with Crippen LogP contribution < -0.4 is 5.32 Å². The molecule has 0 aromatic carbocycles. The standard InChI is InChI=1S/C21H24N6O2S.C2HF3O2/c1-3-29-10-6-8-22-21(28)19-18-7-4-5-9-27(18)20(25-19)17-12-26(14-23-17)11-16-13-30-15(2)24-16;3-2(4,5)1(6)7/h4-5,7,9,12-14H,3,6,8,10-11H2,1-2H3,(H,22,28);(H,6,7). The molecule has 10 nitrogen and oxygen atoms in total. The molecule has 0 saturated carbocycles. The Hall–Kier alpha value is -3.78. The molecule has 4 aromatic heterocycles. The lowest BCUT2D eigenvalue weighted by Gasteiger charge is -2.03. The van der Waals surface area contributed by atoms with Crippen LogP contribution in [0.2, 0.25) is 0 Å². The highest BCUT2D eigenvalue weighted by molar-refractivity contribution is 7.09. The van der Waals surface area contributed by atoms with Gasteiger partial charge in [-0.25, -0.2) is 19.7 Å². The maximum absolute atomic E-state index is 12.7. The van der Waals surface area contributed by atoms with Gasteiger partial charge in [0.25, 0.3) is 5.91 Å². The van der Waals surface area contributed by atoms with Crippen molar-refractivity contribution in [2.24, 2.45) is 0 Å². The molecule has 4 rings (SSSR count). The van der Waals surface area contributed by atoms with Gasteiger partial charge in [-0.05, 0) is 32.4 Å². The van der Waals surface area contributed by atoms with E-state index in [4.69, 9.17) is 14.6 Å². The maximum Gasteiger partial charge on any atom is 0.490 e. The predicted octanol–water partition coefficient (Wildman–Crippen LogP) is 3.80. The average Bonchev–Trinajstić information content (AvgIpc) is 3.57. The molecular weight excluding hydrogens is 513 g/mol. The summed E-state index contributed by atoms with van der Waals surface area (Å²) in [7, 11) is 0. The third kappa shape index (κ3) is 7.60. The number of carbonyl (C=O) groups is 2. The zero-order valence-electron chi connectivity index (χ0n) is 20.0. The number of aromatic nitrogens is 5. The number of carboxylic acid groups (broad SMARTS) is 1. The average molecular weight is 539 g/mol. The fraction of sp³-hybridized carbons (Fsp3) is 0.348. The number of nitrogens with one attached hydrogen (secondary N) is 1. The fourth-order valence-electron chi connectivity index (χ4n) is 3.22. The van der Waals surface area contributed by atoms with Crippen LogP contribution in [0.1, 0.15) is 34.5 Å². The highest BCUT2D eigenvalue weighted by Crippen LogP contribution is 2.22. The van der Waals surface area contributed by atoms with Crippen LogP contribution in [0.25, 0.3) is 17.0 Å². The smallest absolute Gasteiger partial charge is 0.475 e. The monoisotopic (exact) mass is 538 g/mol. The van der Waals surface area contributed by atoms with Crippen LogP contribution in [-0.4, -0.2) is 66.8 Å². The first kappa shape index (κ1) is 27.8. The molecule has 4 aromatic rings. The molecule has 4 heterocycles. The molecule has 0 saturated heterocycles. The fourth-order valence-corrected chi connectivity index (χ4v) is 3.82. The SMILES string of the molecule is CCOCCCNC(=O)c1nc(-c2cn(Cc3csc(C)n3)cn2)n2ccccc12.O=C(O)C(F)(F)F. The summed E-state index contributed by atoms with van der Waals surface area (Å²) in [6.45, 7) is 6.44. The van der Waals surface area contributed by atoms with Crippen LogP contribution in [0, 0.1) is 6.92 Å². The molecule has 0 atom stereocenters. The number of pyridine rings is 1. The number of amides is 1. The number of hydrogen-bond acceptors (Lipinski definition) is 7. The van der Waals surface area contributed by atoms with E-state index in [0.717, 1.165) is 22.6 Å². The van der Waals surface area contributed by atoms with E-state index < -0.39 is 12.1 Å². The predicted molar refractivity (Wildman–Crippen MR) is 130 cm³/mol. The molecule has 1 amide bonds. The van der Waals surface area contributed by atoms with Gasteiger partial charge in [0.2, 0.25) is 0 Å². The number of carboxylic acids is 1. The largest absolute Gasteiger partial charge is 0.490 e. The van der Waals surface area contributed by atoms with E-state index in [1.165, 1.54) is 0 Å². The van der Waals surface area contributed by atoms with Crippen LogP contribution in [0.3, 0.4) is 0 Å². The van der Waals surface area contributed by atoms with Gasteiger partial charge in [0, 0.05) is 37.5 Å². The quantitative estimate of drug-likeness (QED) is 0.311. The maximum atomic E-state index is 12.7. The number of ether oxygens (including phenoxy) is 1. The van der Waals surface area contributed by atoms with Crippen LogP contribution in [0.5, 0.6) is 0 Å². The third-order valence-electron chi connectivity index (χ3n) is 4.83. The van der Waals surface area contributed by atoms with Crippen molar-refractivity contribution >= 4 is 28.7 Å². The number of hydrogen-bond donors (Lipinski definition) is 2. The van der Waals surface area contributed by atoms with Gasteiger partial charge < -0.3 is 19.7 Å². The van der Waals surface area contributed by atoms with E-state index >= 15 is 0 Å². The molecule has 14 heteroatoms. The molecule has 0 unspecified atom stereocenters. The Kier molecular flexibility index (Phi) is 9.36. The highest BCUT2D eigenvalue weighted by atomic mass is 32.1. The summed E-state index contributed by atoms with van der Waals surface area (Å²) in [6.07, 6.45) is 1.27. The van der Waals surface area contributed by atoms with Gasteiger partial charge in [0.05, 0.1) is 29.1 Å². The van der Waals surface area contributed by atoms with Gasteiger partial charge in [-0.1, -0.05) is 6.07 Å². The first-order valence-corrected chi connectivity index (χ1v) is 12.0. The second kappa shape index (κ2) is 12.5. The zero-order valence-corrected chi connectivity index (χ0v) is 20.8. The van der Waals surface area contributed by atoms with Crippen molar-refractivity contribution in [1.82, 2.24) is 29.2 Å². The molecule has 0 fully saturated rings. The summed E-state index contributed by atoms with van der Waals surface area (Å²) in [6, 6.07) is 5.70. The number of imidazole rings is 2. The van der Waals surface area contributed by atoms with Crippen molar-refractivity contribution in [2.75, 3.05) is 19.8 Å². The number of rotatable bonds is 9. The molecule has 0 radical (unpaired) electrons. The Morgan fingerprint density at radius 1 is 1.24 bits per heavy atom. The molecule has 37 heavy (non-hydrogen) atoms. The van der Waals surface area contributed by atoms with Gasteiger partial charge in [-0.3, -0.25) is 9.20 Å². The summed E-state index contributed by atoms with van der Waals surface area (Å²) in [4.78, 5) is 35.3. The van der Waals surface area contributed by atoms with Gasteiger partial charge >= 0.3 is 12.1 Å². The summed E-state index contributed by atoms with van der Waals surface area (Å²) < 4.78 is 40.9. The molecule has 198 valence electrons.